The Hall–Kier alpha value is -3.35. The van der Waals surface area contributed by atoms with E-state index in [0.717, 1.165) is 71.8 Å². The summed E-state index contributed by atoms with van der Waals surface area (Å²) in [5.74, 6) is 1.11. The van der Waals surface area contributed by atoms with Crippen LogP contribution in [0.3, 0.4) is 0 Å². The van der Waals surface area contributed by atoms with Crippen LogP contribution in [0.1, 0.15) is 68.7 Å². The van der Waals surface area contributed by atoms with Gasteiger partial charge in [0, 0.05) is 24.4 Å². The van der Waals surface area contributed by atoms with E-state index in [9.17, 15) is 13.2 Å². The van der Waals surface area contributed by atoms with Crippen LogP contribution in [0.15, 0.2) is 58.5 Å². The number of ether oxygens (including phenoxy) is 2. The zero-order valence-corrected chi connectivity index (χ0v) is 28.7. The smallest absolute Gasteiger partial charge is 0.268 e. The fourth-order valence-corrected chi connectivity index (χ4v) is 8.16. The molecule has 0 unspecified atom stereocenters. The quantitative estimate of drug-likeness (QED) is 0.150. The van der Waals surface area contributed by atoms with Crippen molar-refractivity contribution in [2.75, 3.05) is 25.3 Å². The van der Waals surface area contributed by atoms with Crippen molar-refractivity contribution in [2.45, 2.75) is 81.1 Å². The summed E-state index contributed by atoms with van der Waals surface area (Å²) in [6, 6.07) is 12.8. The minimum Gasteiger partial charge on any atom is -0.478 e. The molecule has 10 nitrogen and oxygen atoms in total. The second-order valence-electron chi connectivity index (χ2n) is 11.5. The first-order chi connectivity index (χ1) is 21.7. The second kappa shape index (κ2) is 14.0. The molecule has 1 amide bonds. The minimum absolute atomic E-state index is 0.0340. The van der Waals surface area contributed by atoms with E-state index in [-0.39, 0.29) is 29.2 Å². The number of benzene rings is 2. The van der Waals surface area contributed by atoms with Gasteiger partial charge in [0.2, 0.25) is 5.82 Å². The van der Waals surface area contributed by atoms with Gasteiger partial charge in [-0.1, -0.05) is 78.5 Å². The Labute approximate surface area is 274 Å². The number of nitrogens with zero attached hydrogens (tertiary/aromatic N) is 5. The number of halogens is 1. The number of aliphatic imine (C=N–C) groups is 1. The molecular weight excluding hydrogens is 658 g/mol. The van der Waals surface area contributed by atoms with Crippen molar-refractivity contribution in [1.29, 1.82) is 0 Å². The van der Waals surface area contributed by atoms with Crippen LogP contribution in [0.4, 0.5) is 5.82 Å². The van der Waals surface area contributed by atoms with E-state index in [1.54, 1.807) is 25.1 Å². The molecule has 1 fully saturated rings. The molecule has 2 aliphatic rings. The molecule has 0 bridgehead atoms. The molecule has 2 aromatic carbocycles. The average Bonchev–Trinajstić information content (AvgIpc) is 3.63. The molecule has 0 atom stereocenters. The molecule has 0 radical (unpaired) electrons. The number of anilines is 1. The third kappa shape index (κ3) is 6.50. The summed E-state index contributed by atoms with van der Waals surface area (Å²) in [4.78, 5) is 29.4. The van der Waals surface area contributed by atoms with Crippen LogP contribution in [0.5, 0.6) is 5.88 Å². The molecule has 12 heteroatoms. The monoisotopic (exact) mass is 697 g/mol. The highest BCUT2D eigenvalue weighted by Gasteiger charge is 2.49. The highest BCUT2D eigenvalue weighted by Crippen LogP contribution is 2.41. The summed E-state index contributed by atoms with van der Waals surface area (Å²) in [5.41, 5.74) is 3.15. The molecule has 5 rings (SSSR count). The molecule has 0 saturated heterocycles. The van der Waals surface area contributed by atoms with Crippen LogP contribution in [-0.4, -0.2) is 61.5 Å². The predicted octanol–water partition coefficient (Wildman–Crippen LogP) is 6.40. The number of unbranched alkanes of at least 4 members (excludes halogenated alkanes) is 1. The molecule has 1 aliphatic heterocycles. The van der Waals surface area contributed by atoms with E-state index in [0.29, 0.717) is 23.1 Å². The highest BCUT2D eigenvalue weighted by molar-refractivity contribution is 9.08. The molecule has 2 heterocycles. The molecule has 1 spiro atoms. The lowest BCUT2D eigenvalue weighted by molar-refractivity contribution is -0.131. The summed E-state index contributed by atoms with van der Waals surface area (Å²) in [6.45, 7) is 4.03. The maximum Gasteiger partial charge on any atom is 0.268 e. The van der Waals surface area contributed by atoms with Crippen LogP contribution < -0.4 is 9.04 Å². The van der Waals surface area contributed by atoms with Crippen LogP contribution in [0, 0.1) is 6.92 Å². The van der Waals surface area contributed by atoms with Gasteiger partial charge in [0.15, 0.2) is 0 Å². The van der Waals surface area contributed by atoms with Gasteiger partial charge >= 0.3 is 0 Å². The van der Waals surface area contributed by atoms with Gasteiger partial charge < -0.3 is 9.47 Å². The Morgan fingerprint density at radius 2 is 1.84 bits per heavy atom. The highest BCUT2D eigenvalue weighted by atomic mass is 79.9. The first-order valence-electron chi connectivity index (χ1n) is 15.3. The Balaban J connectivity index is 1.51. The van der Waals surface area contributed by atoms with E-state index in [2.05, 4.69) is 32.8 Å². The molecule has 45 heavy (non-hydrogen) atoms. The predicted molar refractivity (Wildman–Crippen MR) is 178 cm³/mol. The summed E-state index contributed by atoms with van der Waals surface area (Å²) in [6.07, 6.45) is 7.97. The molecule has 240 valence electrons. The Bertz CT molecular complexity index is 1690. The van der Waals surface area contributed by atoms with Gasteiger partial charge in [-0.05, 0) is 48.9 Å². The van der Waals surface area contributed by atoms with E-state index in [1.165, 1.54) is 20.4 Å². The lowest BCUT2D eigenvalue weighted by Crippen LogP contribution is -2.40. The molecule has 3 aromatic rings. The first-order valence-corrected chi connectivity index (χ1v) is 17.8. The Kier molecular flexibility index (Phi) is 10.2. The van der Waals surface area contributed by atoms with Crippen molar-refractivity contribution in [3.63, 3.8) is 0 Å². The molecule has 1 aliphatic carbocycles. The van der Waals surface area contributed by atoms with Crippen LogP contribution in [0.2, 0.25) is 0 Å². The van der Waals surface area contributed by atoms with E-state index >= 15 is 0 Å². The fraction of sp³-hybridized carbons (Fsp3) is 0.455. The Morgan fingerprint density at radius 1 is 1.09 bits per heavy atom. The van der Waals surface area contributed by atoms with Gasteiger partial charge in [0.1, 0.15) is 18.1 Å². The number of methoxy groups -OCH3 is 2. The van der Waals surface area contributed by atoms with E-state index in [4.69, 9.17) is 14.5 Å². The second-order valence-corrected chi connectivity index (χ2v) is 13.9. The van der Waals surface area contributed by atoms with Gasteiger partial charge in [0.05, 0.1) is 30.4 Å². The third-order valence-electron chi connectivity index (χ3n) is 8.40. The van der Waals surface area contributed by atoms with Gasteiger partial charge in [0.25, 0.3) is 21.8 Å². The lowest BCUT2D eigenvalue weighted by atomic mass is 9.97. The molecule has 1 saturated carbocycles. The zero-order chi connectivity index (χ0) is 32.2. The number of hydrogen-bond acceptors (Lipinski definition) is 8. The topological polar surface area (TPSA) is 114 Å². The summed E-state index contributed by atoms with van der Waals surface area (Å²) < 4.78 is 40.4. The van der Waals surface area contributed by atoms with Crippen molar-refractivity contribution < 1.29 is 22.7 Å². The van der Waals surface area contributed by atoms with Crippen molar-refractivity contribution in [1.82, 2.24) is 14.9 Å². The number of aryl methyl sites for hydroxylation is 1. The number of carbonyl (C=O) groups excluding carboxylic acids is 1. The number of amidine groups is 1. The number of rotatable bonds is 13. The maximum absolute atomic E-state index is 14.3. The number of sulfonamides is 1. The standard InChI is InChI=1S/C33H40BrN5O5S/c1-5-6-13-29-37-33(16-9-10-17-33)32(40)38(29)21-24-14-15-26(25(18-24)19-34)27-11-7-8-12-28(27)45(41,42)39(22-43-3)30-31(44-4)36-23(2)20-35-30/h7-8,11-12,14-15,18,20H,5-6,9-10,13,16-17,19,21-22H2,1-4H3. The Morgan fingerprint density at radius 3 is 2.53 bits per heavy atom. The van der Waals surface area contributed by atoms with E-state index < -0.39 is 15.6 Å². The van der Waals surface area contributed by atoms with Crippen molar-refractivity contribution in [3.8, 4) is 17.0 Å². The number of amides is 1. The molecule has 1 aromatic heterocycles. The molecule has 0 N–H and O–H groups in total. The van der Waals surface area contributed by atoms with Crippen molar-refractivity contribution in [2.24, 2.45) is 4.99 Å². The average molecular weight is 699 g/mol. The van der Waals surface area contributed by atoms with Crippen molar-refractivity contribution >= 4 is 43.5 Å². The van der Waals surface area contributed by atoms with Crippen LogP contribution in [-0.2, 0) is 31.4 Å². The number of aromatic nitrogens is 2. The third-order valence-corrected chi connectivity index (χ3v) is 10.8. The number of carbonyl (C=O) groups is 1. The van der Waals surface area contributed by atoms with Crippen molar-refractivity contribution in [3.05, 3.63) is 65.5 Å². The van der Waals surface area contributed by atoms with E-state index in [1.807, 2.05) is 29.2 Å². The number of hydrogen-bond donors (Lipinski definition) is 0. The van der Waals surface area contributed by atoms with Gasteiger partial charge in [-0.25, -0.2) is 22.7 Å². The summed E-state index contributed by atoms with van der Waals surface area (Å²) >= 11 is 3.63. The molecular formula is C33H40BrN5O5S. The SMILES string of the molecule is CCCCC1=NC2(CCCC2)C(=O)N1Cc1ccc(-c2ccccc2S(=O)(=O)N(COC)c2ncc(C)nc2OC)c(CBr)c1. The fourth-order valence-electron chi connectivity index (χ4n) is 6.15. The summed E-state index contributed by atoms with van der Waals surface area (Å²) in [7, 11) is -1.35. The maximum atomic E-state index is 14.3. The van der Waals surface area contributed by atoms with Gasteiger partial charge in [-0.3, -0.25) is 14.7 Å². The zero-order valence-electron chi connectivity index (χ0n) is 26.3. The lowest BCUT2D eigenvalue weighted by Gasteiger charge is -2.25. The summed E-state index contributed by atoms with van der Waals surface area (Å²) in [5, 5.41) is 0.484. The van der Waals surface area contributed by atoms with Gasteiger partial charge in [-0.15, -0.1) is 0 Å². The number of alkyl halides is 1. The normalized spacial score (nSPS) is 16.0. The first kappa shape index (κ1) is 33.0. The minimum atomic E-state index is -4.19. The largest absolute Gasteiger partial charge is 0.478 e. The van der Waals surface area contributed by atoms with Crippen LogP contribution >= 0.6 is 15.9 Å². The van der Waals surface area contributed by atoms with Gasteiger partial charge in [-0.2, -0.15) is 0 Å². The van der Waals surface area contributed by atoms with Crippen LogP contribution in [0.25, 0.3) is 11.1 Å².